The molecule has 0 saturated carbocycles. The Balaban J connectivity index is 2.17. The molecule has 1 aromatic heterocycles. The molecule has 1 saturated heterocycles. The Morgan fingerprint density at radius 3 is 2.79 bits per heavy atom. The van der Waals surface area contributed by atoms with Gasteiger partial charge in [-0.3, -0.25) is 0 Å². The summed E-state index contributed by atoms with van der Waals surface area (Å²) >= 11 is 0. The Morgan fingerprint density at radius 2 is 2.29 bits per heavy atom. The fourth-order valence-corrected chi connectivity index (χ4v) is 1.66. The molecule has 0 radical (unpaired) electrons. The van der Waals surface area contributed by atoms with Crippen LogP contribution in [0.3, 0.4) is 0 Å². The van der Waals surface area contributed by atoms with Crippen LogP contribution < -0.4 is 5.32 Å². The number of nitrogens with one attached hydrogen (secondary N) is 1. The van der Waals surface area contributed by atoms with Gasteiger partial charge < -0.3 is 5.32 Å². The molecule has 0 spiro atoms. The maximum absolute atomic E-state index is 4.22. The van der Waals surface area contributed by atoms with E-state index < -0.39 is 0 Å². The molecule has 4 nitrogen and oxygen atoms in total. The number of nitrogens with zero attached hydrogens (tertiary/aromatic N) is 3. The second-order valence-corrected chi connectivity index (χ2v) is 4.98. The lowest BCUT2D eigenvalue weighted by Gasteiger charge is -2.13. The largest absolute Gasteiger partial charge is 0.315 e. The van der Waals surface area contributed by atoms with E-state index in [1.54, 1.807) is 0 Å². The summed E-state index contributed by atoms with van der Waals surface area (Å²) < 4.78 is 2.00. The van der Waals surface area contributed by atoms with Gasteiger partial charge >= 0.3 is 0 Å². The Bertz CT molecular complexity index is 304. The predicted molar refractivity (Wildman–Crippen MR) is 55.2 cm³/mol. The van der Waals surface area contributed by atoms with Crippen molar-refractivity contribution in [1.82, 2.24) is 20.3 Å². The second kappa shape index (κ2) is 3.35. The van der Waals surface area contributed by atoms with Crippen molar-refractivity contribution in [2.45, 2.75) is 38.6 Å². The van der Waals surface area contributed by atoms with Crippen LogP contribution >= 0.6 is 0 Å². The third-order valence-electron chi connectivity index (χ3n) is 2.69. The highest BCUT2D eigenvalue weighted by Gasteiger charge is 2.22. The summed E-state index contributed by atoms with van der Waals surface area (Å²) in [6, 6.07) is 0.499. The first-order valence-corrected chi connectivity index (χ1v) is 5.20. The summed E-state index contributed by atoms with van der Waals surface area (Å²) in [5.41, 5.74) is 1.17. The van der Waals surface area contributed by atoms with Crippen LogP contribution in [0.2, 0.25) is 0 Å². The molecule has 78 valence electrons. The van der Waals surface area contributed by atoms with Gasteiger partial charge in [0.25, 0.3) is 0 Å². The highest BCUT2D eigenvalue weighted by molar-refractivity contribution is 5.07. The zero-order valence-corrected chi connectivity index (χ0v) is 9.12. The minimum absolute atomic E-state index is 0.101. The third kappa shape index (κ3) is 1.80. The van der Waals surface area contributed by atoms with Crippen molar-refractivity contribution < 1.29 is 0 Å². The molecule has 0 amide bonds. The Kier molecular flexibility index (Phi) is 2.31. The van der Waals surface area contributed by atoms with Crippen LogP contribution in [0.4, 0.5) is 0 Å². The second-order valence-electron chi connectivity index (χ2n) is 4.98. The maximum atomic E-state index is 4.22. The van der Waals surface area contributed by atoms with Crippen LogP contribution in [-0.2, 0) is 5.41 Å². The van der Waals surface area contributed by atoms with Gasteiger partial charge in [0.2, 0.25) is 0 Å². The van der Waals surface area contributed by atoms with Gasteiger partial charge in [-0.1, -0.05) is 26.0 Å². The SMILES string of the molecule is CC(C)(C)c1cn([C@H]2CCNC2)nn1. The molecular formula is C10H18N4. The molecule has 14 heavy (non-hydrogen) atoms. The zero-order valence-electron chi connectivity index (χ0n) is 9.12. The smallest absolute Gasteiger partial charge is 0.0880 e. The first kappa shape index (κ1) is 9.65. The van der Waals surface area contributed by atoms with E-state index >= 15 is 0 Å². The normalized spacial score (nSPS) is 22.9. The van der Waals surface area contributed by atoms with Gasteiger partial charge in [0.1, 0.15) is 0 Å². The van der Waals surface area contributed by atoms with Crippen molar-refractivity contribution in [2.75, 3.05) is 13.1 Å². The molecule has 0 unspecified atom stereocenters. The average Bonchev–Trinajstić information content (AvgIpc) is 2.73. The van der Waals surface area contributed by atoms with Crippen molar-refractivity contribution >= 4 is 0 Å². The van der Waals surface area contributed by atoms with Crippen molar-refractivity contribution in [3.8, 4) is 0 Å². The topological polar surface area (TPSA) is 42.7 Å². The lowest BCUT2D eigenvalue weighted by molar-refractivity contribution is 0.476. The molecule has 0 aliphatic carbocycles. The van der Waals surface area contributed by atoms with Crippen molar-refractivity contribution in [3.63, 3.8) is 0 Å². The third-order valence-corrected chi connectivity index (χ3v) is 2.69. The fourth-order valence-electron chi connectivity index (χ4n) is 1.66. The van der Waals surface area contributed by atoms with Crippen LogP contribution in [0.1, 0.15) is 38.9 Å². The monoisotopic (exact) mass is 194 g/mol. The van der Waals surface area contributed by atoms with E-state index in [9.17, 15) is 0 Å². The quantitative estimate of drug-likeness (QED) is 0.728. The van der Waals surface area contributed by atoms with Crippen molar-refractivity contribution in [1.29, 1.82) is 0 Å². The van der Waals surface area contributed by atoms with Gasteiger partial charge in [0.05, 0.1) is 11.7 Å². The summed E-state index contributed by atoms with van der Waals surface area (Å²) in [7, 11) is 0. The van der Waals surface area contributed by atoms with Crippen LogP contribution in [0, 0.1) is 0 Å². The van der Waals surface area contributed by atoms with Gasteiger partial charge in [-0.05, 0) is 13.0 Å². The standard InChI is InChI=1S/C10H18N4/c1-10(2,3)9-7-14(13-12-9)8-4-5-11-6-8/h7-8,11H,4-6H2,1-3H3/t8-/m0/s1. The lowest BCUT2D eigenvalue weighted by atomic mass is 9.93. The number of hydrogen-bond donors (Lipinski definition) is 1. The van der Waals surface area contributed by atoms with Crippen molar-refractivity contribution in [2.24, 2.45) is 0 Å². The molecule has 1 aliphatic rings. The lowest BCUT2D eigenvalue weighted by Crippen LogP contribution is -2.14. The number of aromatic nitrogens is 3. The van der Waals surface area contributed by atoms with Crippen LogP contribution in [0.15, 0.2) is 6.20 Å². The van der Waals surface area contributed by atoms with E-state index in [2.05, 4.69) is 42.6 Å². The molecule has 1 aromatic rings. The van der Waals surface area contributed by atoms with Crippen LogP contribution in [0.5, 0.6) is 0 Å². The first-order valence-electron chi connectivity index (χ1n) is 5.20. The first-order chi connectivity index (χ1) is 6.57. The molecule has 1 N–H and O–H groups in total. The minimum atomic E-state index is 0.101. The van der Waals surface area contributed by atoms with E-state index in [1.807, 2.05) is 4.68 Å². The molecule has 0 aromatic carbocycles. The van der Waals surface area contributed by atoms with Gasteiger partial charge in [0, 0.05) is 18.2 Å². The summed E-state index contributed by atoms with van der Waals surface area (Å²) in [5, 5.41) is 11.7. The summed E-state index contributed by atoms with van der Waals surface area (Å²) in [5.74, 6) is 0. The Labute approximate surface area is 84.7 Å². The van der Waals surface area contributed by atoms with E-state index in [4.69, 9.17) is 0 Å². The Morgan fingerprint density at radius 1 is 1.50 bits per heavy atom. The summed E-state index contributed by atoms with van der Waals surface area (Å²) in [6.45, 7) is 8.60. The Hall–Kier alpha value is -0.900. The fraction of sp³-hybridized carbons (Fsp3) is 0.800. The van der Waals surface area contributed by atoms with Gasteiger partial charge in [0.15, 0.2) is 0 Å². The number of rotatable bonds is 1. The van der Waals surface area contributed by atoms with E-state index in [0.29, 0.717) is 6.04 Å². The van der Waals surface area contributed by atoms with Gasteiger partial charge in [-0.15, -0.1) is 5.10 Å². The molecular weight excluding hydrogens is 176 g/mol. The molecule has 1 fully saturated rings. The van der Waals surface area contributed by atoms with Crippen molar-refractivity contribution in [3.05, 3.63) is 11.9 Å². The molecule has 1 aliphatic heterocycles. The highest BCUT2D eigenvalue weighted by atomic mass is 15.4. The van der Waals surface area contributed by atoms with Gasteiger partial charge in [-0.2, -0.15) is 0 Å². The van der Waals surface area contributed by atoms with Gasteiger partial charge in [-0.25, -0.2) is 4.68 Å². The van der Waals surface area contributed by atoms with Crippen LogP contribution in [0.25, 0.3) is 0 Å². The molecule has 0 bridgehead atoms. The van der Waals surface area contributed by atoms with Crippen LogP contribution in [-0.4, -0.2) is 28.1 Å². The molecule has 2 rings (SSSR count). The molecule has 2 heterocycles. The summed E-state index contributed by atoms with van der Waals surface area (Å²) in [4.78, 5) is 0. The van der Waals surface area contributed by atoms with E-state index in [0.717, 1.165) is 25.2 Å². The summed E-state index contributed by atoms with van der Waals surface area (Å²) in [6.07, 6.45) is 3.24. The number of hydrogen-bond acceptors (Lipinski definition) is 3. The minimum Gasteiger partial charge on any atom is -0.315 e. The predicted octanol–water partition coefficient (Wildman–Crippen LogP) is 1.11. The maximum Gasteiger partial charge on any atom is 0.0880 e. The van der Waals surface area contributed by atoms with E-state index in [-0.39, 0.29) is 5.41 Å². The highest BCUT2D eigenvalue weighted by Crippen LogP contribution is 2.21. The average molecular weight is 194 g/mol. The zero-order chi connectivity index (χ0) is 10.2. The molecule has 4 heteroatoms. The van der Waals surface area contributed by atoms with E-state index in [1.165, 1.54) is 0 Å². The molecule has 1 atom stereocenters.